The number of hydrogen-bond acceptors (Lipinski definition) is 5. The fraction of sp³-hybridized carbons (Fsp3) is 0.423. The van der Waals surface area contributed by atoms with Gasteiger partial charge in [0, 0.05) is 0 Å². The summed E-state index contributed by atoms with van der Waals surface area (Å²) in [6.07, 6.45) is 16.4. The van der Waals surface area contributed by atoms with E-state index in [1.54, 1.807) is 19.5 Å². The van der Waals surface area contributed by atoms with Crippen LogP contribution < -0.4 is 0 Å². The number of rotatable bonds is 11. The van der Waals surface area contributed by atoms with Crippen LogP contribution in [0.4, 0.5) is 0 Å². The van der Waals surface area contributed by atoms with Gasteiger partial charge in [0.1, 0.15) is 0 Å². The Labute approximate surface area is 185 Å². The number of carbonyl (C=O) groups excluding carboxylic acids is 1. The fourth-order valence-electron chi connectivity index (χ4n) is 3.45. The minimum absolute atomic E-state index is 0.0132. The second kappa shape index (κ2) is 12.2. The normalized spacial score (nSPS) is 18.8. The topological polar surface area (TPSA) is 68.9 Å². The zero-order chi connectivity index (χ0) is 22.8. The van der Waals surface area contributed by atoms with Crippen molar-refractivity contribution < 1.29 is 23.8 Å². The zero-order valence-corrected chi connectivity index (χ0v) is 19.2. The van der Waals surface area contributed by atoms with Crippen LogP contribution in [0.25, 0.3) is 0 Å². The molecule has 5 heteroatoms. The quantitative estimate of drug-likeness (QED) is 0.358. The molecule has 1 aliphatic heterocycles. The van der Waals surface area contributed by atoms with Crippen LogP contribution in [-0.2, 0) is 20.7 Å². The molecular weight excluding hydrogens is 392 g/mol. The van der Waals surface area contributed by atoms with Crippen molar-refractivity contribution >= 4 is 5.97 Å². The van der Waals surface area contributed by atoms with Gasteiger partial charge in [-0.2, -0.15) is 0 Å². The third kappa shape index (κ3) is 8.10. The molecule has 2 atom stereocenters. The highest BCUT2D eigenvalue weighted by molar-refractivity contribution is 5.93. The monoisotopic (exact) mass is 426 g/mol. The summed E-state index contributed by atoms with van der Waals surface area (Å²) in [4.78, 5) is 11.7. The summed E-state index contributed by atoms with van der Waals surface area (Å²) in [7, 11) is 1.52. The number of allylic oxidation sites excluding steroid dienone is 6. The average Bonchev–Trinajstić information content (AvgIpc) is 3.29. The van der Waals surface area contributed by atoms with Crippen LogP contribution in [0.3, 0.4) is 0 Å². The Hall–Kier alpha value is -2.79. The molecular formula is C26H34O5. The number of ether oxygens (including phenoxy) is 2. The standard InChI is InChI=1S/C26H34O5/c1-18(9-7-11-22-12-13-30-17-22)8-6-10-19(2)14-23(27)15-20(3)16-24-25(29-5)21(4)26(28)31-24/h6,8,10,12-14,16-17,20,23,27H,7,9,11,15H2,1-5H3/b10-6+,18-8+,19-14+,24-16-/t20-,23-/m0/s1. The van der Waals surface area contributed by atoms with Gasteiger partial charge in [-0.15, -0.1) is 0 Å². The fourth-order valence-corrected chi connectivity index (χ4v) is 3.45. The third-order valence-electron chi connectivity index (χ3n) is 5.14. The molecule has 0 saturated carbocycles. The largest absolute Gasteiger partial charge is 0.492 e. The number of esters is 1. The van der Waals surface area contributed by atoms with E-state index in [4.69, 9.17) is 13.9 Å². The van der Waals surface area contributed by atoms with E-state index < -0.39 is 6.10 Å². The number of hydrogen-bond donors (Lipinski definition) is 1. The van der Waals surface area contributed by atoms with Gasteiger partial charge in [0.25, 0.3) is 0 Å². The highest BCUT2D eigenvalue weighted by atomic mass is 16.6. The van der Waals surface area contributed by atoms with Crippen molar-refractivity contribution in [2.75, 3.05) is 7.11 Å². The number of aliphatic hydroxyl groups excluding tert-OH is 1. The first-order chi connectivity index (χ1) is 14.8. The number of aryl methyl sites for hydroxylation is 1. The molecule has 0 amide bonds. The first kappa shape index (κ1) is 24.5. The molecule has 0 spiro atoms. The lowest BCUT2D eigenvalue weighted by Gasteiger charge is -2.12. The lowest BCUT2D eigenvalue weighted by Crippen LogP contribution is -2.09. The highest BCUT2D eigenvalue weighted by Gasteiger charge is 2.28. The van der Waals surface area contributed by atoms with Crippen molar-refractivity contribution in [1.29, 1.82) is 0 Å². The molecule has 31 heavy (non-hydrogen) atoms. The summed E-state index contributed by atoms with van der Waals surface area (Å²) in [5.74, 6) is 0.521. The number of carbonyl (C=O) groups is 1. The second-order valence-corrected chi connectivity index (χ2v) is 8.13. The molecule has 0 bridgehead atoms. The van der Waals surface area contributed by atoms with E-state index in [2.05, 4.69) is 13.0 Å². The molecule has 0 aromatic carbocycles. The summed E-state index contributed by atoms with van der Waals surface area (Å²) >= 11 is 0. The minimum Gasteiger partial charge on any atom is -0.492 e. The van der Waals surface area contributed by atoms with E-state index in [0.717, 1.165) is 24.8 Å². The van der Waals surface area contributed by atoms with Gasteiger partial charge in [-0.05, 0) is 70.1 Å². The number of aliphatic hydroxyl groups is 1. The average molecular weight is 427 g/mol. The number of cyclic esters (lactones) is 1. The summed E-state index contributed by atoms with van der Waals surface area (Å²) in [5, 5.41) is 10.4. The molecule has 0 saturated heterocycles. The van der Waals surface area contributed by atoms with Gasteiger partial charge >= 0.3 is 5.97 Å². The van der Waals surface area contributed by atoms with Crippen LogP contribution in [0, 0.1) is 5.92 Å². The third-order valence-corrected chi connectivity index (χ3v) is 5.14. The van der Waals surface area contributed by atoms with Crippen molar-refractivity contribution in [2.45, 2.75) is 59.5 Å². The van der Waals surface area contributed by atoms with Crippen molar-refractivity contribution in [2.24, 2.45) is 5.92 Å². The van der Waals surface area contributed by atoms with Gasteiger partial charge in [-0.1, -0.05) is 42.4 Å². The lowest BCUT2D eigenvalue weighted by molar-refractivity contribution is -0.133. The first-order valence-corrected chi connectivity index (χ1v) is 10.7. The number of methoxy groups -OCH3 is 1. The molecule has 0 fully saturated rings. The minimum atomic E-state index is -0.593. The maximum Gasteiger partial charge on any atom is 0.343 e. The molecule has 2 rings (SSSR count). The smallest absolute Gasteiger partial charge is 0.343 e. The summed E-state index contributed by atoms with van der Waals surface area (Å²) in [6, 6.07) is 2.00. The van der Waals surface area contributed by atoms with E-state index in [1.807, 2.05) is 44.2 Å². The Morgan fingerprint density at radius 2 is 2.10 bits per heavy atom. The molecule has 1 aliphatic rings. The molecule has 1 N–H and O–H groups in total. The summed E-state index contributed by atoms with van der Waals surface area (Å²) < 4.78 is 15.6. The van der Waals surface area contributed by atoms with Crippen molar-refractivity contribution in [3.8, 4) is 0 Å². The van der Waals surface area contributed by atoms with Gasteiger partial charge < -0.3 is 19.0 Å². The van der Waals surface area contributed by atoms with Crippen molar-refractivity contribution in [3.05, 3.63) is 82.8 Å². The van der Waals surface area contributed by atoms with Gasteiger partial charge in [0.05, 0.1) is 31.3 Å². The molecule has 2 heterocycles. The molecule has 1 aromatic heterocycles. The van der Waals surface area contributed by atoms with Gasteiger partial charge in [0.15, 0.2) is 11.5 Å². The molecule has 0 radical (unpaired) electrons. The Bertz CT molecular complexity index is 881. The van der Waals surface area contributed by atoms with Crippen LogP contribution in [-0.4, -0.2) is 24.3 Å². The maximum absolute atomic E-state index is 11.7. The Morgan fingerprint density at radius 1 is 1.32 bits per heavy atom. The Morgan fingerprint density at radius 3 is 2.77 bits per heavy atom. The van der Waals surface area contributed by atoms with Crippen LogP contribution in [0.5, 0.6) is 0 Å². The summed E-state index contributed by atoms with van der Waals surface area (Å²) in [6.45, 7) is 7.75. The Kier molecular flexibility index (Phi) is 9.60. The SMILES string of the molecule is COC1=C(C)C(=O)O/C1=C\[C@@H](C)C[C@@H](O)/C=C(C)/C=C/C=C(\C)CCCc1ccoc1. The van der Waals surface area contributed by atoms with E-state index in [1.165, 1.54) is 18.2 Å². The van der Waals surface area contributed by atoms with E-state index in [-0.39, 0.29) is 11.9 Å². The van der Waals surface area contributed by atoms with Crippen LogP contribution in [0.2, 0.25) is 0 Å². The van der Waals surface area contributed by atoms with E-state index in [9.17, 15) is 9.90 Å². The molecule has 1 aromatic rings. The van der Waals surface area contributed by atoms with Crippen molar-refractivity contribution in [3.63, 3.8) is 0 Å². The second-order valence-electron chi connectivity index (χ2n) is 8.13. The van der Waals surface area contributed by atoms with Gasteiger partial charge in [0.2, 0.25) is 0 Å². The lowest BCUT2D eigenvalue weighted by atomic mass is 10.0. The predicted molar refractivity (Wildman–Crippen MR) is 122 cm³/mol. The molecule has 0 aliphatic carbocycles. The van der Waals surface area contributed by atoms with Gasteiger partial charge in [-0.3, -0.25) is 0 Å². The molecule has 5 nitrogen and oxygen atoms in total. The van der Waals surface area contributed by atoms with Gasteiger partial charge in [-0.25, -0.2) is 4.79 Å². The summed E-state index contributed by atoms with van der Waals surface area (Å²) in [5.41, 5.74) is 4.01. The first-order valence-electron chi connectivity index (χ1n) is 10.7. The van der Waals surface area contributed by atoms with Crippen molar-refractivity contribution in [1.82, 2.24) is 0 Å². The Balaban J connectivity index is 1.81. The predicted octanol–water partition coefficient (Wildman–Crippen LogP) is 5.80. The van der Waals surface area contributed by atoms with E-state index >= 15 is 0 Å². The highest BCUT2D eigenvalue weighted by Crippen LogP contribution is 2.28. The molecule has 168 valence electrons. The zero-order valence-electron chi connectivity index (χ0n) is 19.2. The number of furan rings is 1. The van der Waals surface area contributed by atoms with Crippen LogP contribution in [0.1, 0.15) is 52.5 Å². The van der Waals surface area contributed by atoms with Crippen LogP contribution in [0.15, 0.2) is 81.6 Å². The maximum atomic E-state index is 11.7. The van der Waals surface area contributed by atoms with E-state index in [0.29, 0.717) is 23.5 Å². The molecule has 0 unspecified atom stereocenters. The van der Waals surface area contributed by atoms with Crippen LogP contribution >= 0.6 is 0 Å².